The Morgan fingerprint density at radius 3 is 2.86 bits per heavy atom. The van der Waals surface area contributed by atoms with Crippen LogP contribution in [0.4, 0.5) is 0 Å². The van der Waals surface area contributed by atoms with Crippen molar-refractivity contribution in [3.63, 3.8) is 0 Å². The fraction of sp³-hybridized carbons (Fsp3) is 0.889. The molecule has 14 heavy (non-hydrogen) atoms. The molecule has 5 heteroatoms. The van der Waals surface area contributed by atoms with E-state index < -0.39 is 0 Å². The van der Waals surface area contributed by atoms with Crippen LogP contribution in [-0.4, -0.2) is 45.4 Å². The zero-order chi connectivity index (χ0) is 10.8. The molecule has 1 unspecified atom stereocenters. The number of rotatable bonds is 8. The van der Waals surface area contributed by atoms with Crippen molar-refractivity contribution >= 4 is 5.97 Å². The molecule has 84 valence electrons. The van der Waals surface area contributed by atoms with E-state index in [-0.39, 0.29) is 18.6 Å². The van der Waals surface area contributed by atoms with Crippen molar-refractivity contribution in [3.05, 3.63) is 0 Å². The van der Waals surface area contributed by atoms with Crippen molar-refractivity contribution < 1.29 is 14.3 Å². The van der Waals surface area contributed by atoms with E-state index in [0.29, 0.717) is 19.7 Å². The van der Waals surface area contributed by atoms with Crippen molar-refractivity contribution in [1.29, 1.82) is 0 Å². The van der Waals surface area contributed by atoms with Gasteiger partial charge in [0.25, 0.3) is 0 Å². The predicted molar refractivity (Wildman–Crippen MR) is 54.0 cm³/mol. The number of hydrogen-bond donors (Lipinski definition) is 2. The molecule has 0 heterocycles. The van der Waals surface area contributed by atoms with Gasteiger partial charge in [-0.3, -0.25) is 4.79 Å². The van der Waals surface area contributed by atoms with Crippen molar-refractivity contribution in [2.24, 2.45) is 5.73 Å². The summed E-state index contributed by atoms with van der Waals surface area (Å²) in [6.07, 6.45) is 0.846. The minimum Gasteiger partial charge on any atom is -0.465 e. The summed E-state index contributed by atoms with van der Waals surface area (Å²) in [4.78, 5) is 11.0. The molecule has 0 aromatic heterocycles. The van der Waals surface area contributed by atoms with E-state index >= 15 is 0 Å². The topological polar surface area (TPSA) is 73.6 Å². The lowest BCUT2D eigenvalue weighted by Crippen LogP contribution is -2.29. The highest BCUT2D eigenvalue weighted by atomic mass is 16.5. The predicted octanol–water partition coefficient (Wildman–Crippen LogP) is -0.497. The van der Waals surface area contributed by atoms with Crippen LogP contribution in [0.5, 0.6) is 0 Å². The Morgan fingerprint density at radius 1 is 1.57 bits per heavy atom. The Balaban J connectivity index is 3.26. The number of carbonyl (C=O) groups is 1. The molecule has 0 spiro atoms. The SMILES string of the molecule is COC(C)CCOC(=O)CNCCN. The second kappa shape index (κ2) is 8.93. The van der Waals surface area contributed by atoms with E-state index in [1.807, 2.05) is 6.92 Å². The van der Waals surface area contributed by atoms with Crippen LogP contribution in [0.25, 0.3) is 0 Å². The molecule has 0 aromatic carbocycles. The minimum absolute atomic E-state index is 0.125. The smallest absolute Gasteiger partial charge is 0.319 e. The fourth-order valence-corrected chi connectivity index (χ4v) is 0.800. The highest BCUT2D eigenvalue weighted by Crippen LogP contribution is 1.95. The molecule has 0 bridgehead atoms. The van der Waals surface area contributed by atoms with Gasteiger partial charge >= 0.3 is 5.97 Å². The Hall–Kier alpha value is -0.650. The first-order chi connectivity index (χ1) is 6.70. The lowest BCUT2D eigenvalue weighted by Gasteiger charge is -2.09. The maximum Gasteiger partial charge on any atom is 0.319 e. The molecule has 3 N–H and O–H groups in total. The molecule has 0 saturated carbocycles. The minimum atomic E-state index is -0.248. The van der Waals surface area contributed by atoms with Gasteiger partial charge in [0, 0.05) is 26.6 Å². The molecule has 0 aliphatic rings. The lowest BCUT2D eigenvalue weighted by molar-refractivity contribution is -0.143. The largest absolute Gasteiger partial charge is 0.465 e. The summed E-state index contributed by atoms with van der Waals surface area (Å²) < 4.78 is 9.95. The van der Waals surface area contributed by atoms with E-state index in [0.717, 1.165) is 6.42 Å². The van der Waals surface area contributed by atoms with Crippen LogP contribution >= 0.6 is 0 Å². The Labute approximate surface area is 84.9 Å². The molecule has 0 amide bonds. The van der Waals surface area contributed by atoms with Crippen LogP contribution < -0.4 is 11.1 Å². The number of methoxy groups -OCH3 is 1. The maximum atomic E-state index is 11.0. The van der Waals surface area contributed by atoms with Crippen molar-refractivity contribution in [1.82, 2.24) is 5.32 Å². The van der Waals surface area contributed by atoms with Crippen molar-refractivity contribution in [2.75, 3.05) is 33.4 Å². The fourth-order valence-electron chi connectivity index (χ4n) is 0.800. The van der Waals surface area contributed by atoms with E-state index in [1.54, 1.807) is 7.11 Å². The highest BCUT2D eigenvalue weighted by molar-refractivity contribution is 5.71. The van der Waals surface area contributed by atoms with Crippen LogP contribution in [0.15, 0.2) is 0 Å². The maximum absolute atomic E-state index is 11.0. The Bertz CT molecular complexity index is 153. The summed E-state index contributed by atoms with van der Waals surface area (Å²) in [5.41, 5.74) is 5.24. The zero-order valence-corrected chi connectivity index (χ0v) is 8.91. The molecule has 0 aliphatic carbocycles. The average molecular weight is 204 g/mol. The van der Waals surface area contributed by atoms with Gasteiger partial charge in [0.05, 0.1) is 19.3 Å². The second-order valence-corrected chi connectivity index (χ2v) is 3.02. The van der Waals surface area contributed by atoms with Gasteiger partial charge in [-0.15, -0.1) is 0 Å². The first-order valence-corrected chi connectivity index (χ1v) is 4.80. The van der Waals surface area contributed by atoms with Crippen molar-refractivity contribution in [2.45, 2.75) is 19.4 Å². The second-order valence-electron chi connectivity index (χ2n) is 3.02. The summed E-state index contributed by atoms with van der Waals surface area (Å²) in [5.74, 6) is -0.248. The summed E-state index contributed by atoms with van der Waals surface area (Å²) in [5, 5.41) is 2.86. The van der Waals surface area contributed by atoms with Gasteiger partial charge in [-0.2, -0.15) is 0 Å². The number of nitrogens with one attached hydrogen (secondary N) is 1. The van der Waals surface area contributed by atoms with Gasteiger partial charge in [0.15, 0.2) is 0 Å². The number of hydrogen-bond acceptors (Lipinski definition) is 5. The Kier molecular flexibility index (Phi) is 8.51. The average Bonchev–Trinajstić information content (AvgIpc) is 2.18. The Morgan fingerprint density at radius 2 is 2.29 bits per heavy atom. The van der Waals surface area contributed by atoms with Crippen LogP contribution in [0.2, 0.25) is 0 Å². The van der Waals surface area contributed by atoms with Gasteiger partial charge in [0.2, 0.25) is 0 Å². The molecule has 5 nitrogen and oxygen atoms in total. The molecule has 0 fully saturated rings. The quantitative estimate of drug-likeness (QED) is 0.412. The number of carbonyl (C=O) groups excluding carboxylic acids is 1. The van der Waals surface area contributed by atoms with E-state index in [1.165, 1.54) is 0 Å². The summed E-state index contributed by atoms with van der Waals surface area (Å²) in [7, 11) is 1.63. The van der Waals surface area contributed by atoms with E-state index in [2.05, 4.69) is 5.32 Å². The number of nitrogens with two attached hydrogens (primary N) is 1. The van der Waals surface area contributed by atoms with Gasteiger partial charge in [-0.1, -0.05) is 0 Å². The highest BCUT2D eigenvalue weighted by Gasteiger charge is 2.03. The molecule has 0 saturated heterocycles. The summed E-state index contributed by atoms with van der Waals surface area (Å²) >= 11 is 0. The van der Waals surface area contributed by atoms with Gasteiger partial charge in [0.1, 0.15) is 0 Å². The third kappa shape index (κ3) is 7.97. The standard InChI is InChI=1S/C9H20N2O3/c1-8(13-2)3-6-14-9(12)7-11-5-4-10/h8,11H,3-7,10H2,1-2H3. The van der Waals surface area contributed by atoms with E-state index in [4.69, 9.17) is 15.2 Å². The first-order valence-electron chi connectivity index (χ1n) is 4.80. The van der Waals surface area contributed by atoms with Crippen LogP contribution in [0, 0.1) is 0 Å². The van der Waals surface area contributed by atoms with Crippen molar-refractivity contribution in [3.8, 4) is 0 Å². The molecular weight excluding hydrogens is 184 g/mol. The molecule has 0 rings (SSSR count). The van der Waals surface area contributed by atoms with Gasteiger partial charge in [-0.05, 0) is 6.92 Å². The van der Waals surface area contributed by atoms with Gasteiger partial charge in [-0.25, -0.2) is 0 Å². The van der Waals surface area contributed by atoms with E-state index in [9.17, 15) is 4.79 Å². The monoisotopic (exact) mass is 204 g/mol. The third-order valence-corrected chi connectivity index (χ3v) is 1.78. The molecule has 1 atom stereocenters. The first kappa shape index (κ1) is 13.4. The zero-order valence-electron chi connectivity index (χ0n) is 8.91. The summed E-state index contributed by atoms with van der Waals surface area (Å²) in [6, 6.07) is 0. The molecule has 0 radical (unpaired) electrons. The van der Waals surface area contributed by atoms with Crippen LogP contribution in [0.3, 0.4) is 0 Å². The molecule has 0 aromatic rings. The molecular formula is C9H20N2O3. The molecule has 0 aliphatic heterocycles. The normalized spacial score (nSPS) is 12.5. The number of ether oxygens (including phenoxy) is 2. The van der Waals surface area contributed by atoms with Crippen LogP contribution in [0.1, 0.15) is 13.3 Å². The number of esters is 1. The summed E-state index contributed by atoms with van der Waals surface area (Å²) in [6.45, 7) is 3.70. The van der Waals surface area contributed by atoms with Crippen LogP contribution in [-0.2, 0) is 14.3 Å². The lowest BCUT2D eigenvalue weighted by atomic mass is 10.3. The van der Waals surface area contributed by atoms with Gasteiger partial charge < -0.3 is 20.5 Å². The third-order valence-electron chi connectivity index (χ3n) is 1.78.